The Balaban J connectivity index is 2.08. The summed E-state index contributed by atoms with van der Waals surface area (Å²) >= 11 is 0. The monoisotopic (exact) mass is 355 g/mol. The van der Waals surface area contributed by atoms with Crippen molar-refractivity contribution in [3.05, 3.63) is 69.8 Å². The lowest BCUT2D eigenvalue weighted by atomic mass is 9.55. The summed E-state index contributed by atoms with van der Waals surface area (Å²) in [5, 5.41) is 11.7. The Labute approximate surface area is 151 Å². The highest BCUT2D eigenvalue weighted by atomic mass is 16.6. The van der Waals surface area contributed by atoms with Crippen LogP contribution in [0.3, 0.4) is 0 Å². The van der Waals surface area contributed by atoms with Crippen molar-refractivity contribution in [2.24, 2.45) is 5.92 Å². The van der Waals surface area contributed by atoms with Gasteiger partial charge in [-0.2, -0.15) is 0 Å². The fourth-order valence-corrected chi connectivity index (χ4v) is 4.05. The number of carbonyl (C=O) groups excluding carboxylic acids is 1. The fraction of sp³-hybridized carbons (Fsp3) is 0.350. The number of nitro groups is 1. The second-order valence-corrected chi connectivity index (χ2v) is 6.45. The molecular weight excluding hydrogens is 334 g/mol. The molecule has 0 amide bonds. The summed E-state index contributed by atoms with van der Waals surface area (Å²) in [6.07, 6.45) is 0.923. The lowest BCUT2D eigenvalue weighted by molar-refractivity contribution is -0.554. The molecule has 136 valence electrons. The van der Waals surface area contributed by atoms with E-state index in [1.807, 2.05) is 42.5 Å². The summed E-state index contributed by atoms with van der Waals surface area (Å²) in [5.74, 6) is 0.445. The standard InChI is InChI=1S/C20H21NO5/c1-25-15-10-14(11-16(12-15)26-2)18-17(8-9-22)20(21(23)24)19(18)13-6-4-3-5-7-13/h3-7,9-12,17-20H,8H2,1-2H3/t17-,18-,19+,20+/m1/s1. The third-order valence-electron chi connectivity index (χ3n) is 5.21. The summed E-state index contributed by atoms with van der Waals surface area (Å²) in [5.41, 5.74) is 1.79. The van der Waals surface area contributed by atoms with Gasteiger partial charge in [-0.1, -0.05) is 30.3 Å². The largest absolute Gasteiger partial charge is 0.497 e. The van der Waals surface area contributed by atoms with Gasteiger partial charge in [0, 0.05) is 29.2 Å². The van der Waals surface area contributed by atoms with Gasteiger partial charge in [0.1, 0.15) is 17.8 Å². The van der Waals surface area contributed by atoms with Crippen LogP contribution < -0.4 is 9.47 Å². The van der Waals surface area contributed by atoms with Gasteiger partial charge >= 0.3 is 0 Å². The number of rotatable bonds is 7. The van der Waals surface area contributed by atoms with Crippen molar-refractivity contribution in [1.82, 2.24) is 0 Å². The van der Waals surface area contributed by atoms with Crippen LogP contribution in [-0.2, 0) is 4.79 Å². The normalized spacial score (nSPS) is 24.4. The van der Waals surface area contributed by atoms with E-state index < -0.39 is 6.04 Å². The van der Waals surface area contributed by atoms with Gasteiger partial charge in [0.15, 0.2) is 0 Å². The Morgan fingerprint density at radius 1 is 1.00 bits per heavy atom. The van der Waals surface area contributed by atoms with Crippen molar-refractivity contribution in [1.29, 1.82) is 0 Å². The average molecular weight is 355 g/mol. The predicted molar refractivity (Wildman–Crippen MR) is 96.4 cm³/mol. The molecule has 0 spiro atoms. The molecule has 6 heteroatoms. The zero-order valence-electron chi connectivity index (χ0n) is 14.7. The molecule has 26 heavy (non-hydrogen) atoms. The molecule has 0 aromatic heterocycles. The van der Waals surface area contributed by atoms with Gasteiger partial charge in [-0.05, 0) is 23.3 Å². The predicted octanol–water partition coefficient (Wildman–Crippen LogP) is 3.44. The van der Waals surface area contributed by atoms with Crippen molar-refractivity contribution in [2.45, 2.75) is 24.3 Å². The van der Waals surface area contributed by atoms with Crippen molar-refractivity contribution in [3.8, 4) is 11.5 Å². The summed E-state index contributed by atoms with van der Waals surface area (Å²) in [7, 11) is 3.13. The topological polar surface area (TPSA) is 78.7 Å². The Bertz CT molecular complexity index is 770. The van der Waals surface area contributed by atoms with Gasteiger partial charge in [0.25, 0.3) is 0 Å². The molecule has 0 aliphatic heterocycles. The van der Waals surface area contributed by atoms with Crippen LogP contribution in [0.25, 0.3) is 0 Å². The summed E-state index contributed by atoms with van der Waals surface area (Å²) in [6, 6.07) is 14.2. The number of benzene rings is 2. The Hall–Kier alpha value is -2.89. The number of aldehydes is 1. The van der Waals surface area contributed by atoms with Crippen LogP contribution in [0.1, 0.15) is 29.4 Å². The molecule has 1 saturated carbocycles. The molecular formula is C20H21NO5. The van der Waals surface area contributed by atoms with Crippen LogP contribution in [0, 0.1) is 16.0 Å². The zero-order chi connectivity index (χ0) is 18.7. The molecule has 4 atom stereocenters. The average Bonchev–Trinajstić information content (AvgIpc) is 2.64. The molecule has 3 rings (SSSR count). The van der Waals surface area contributed by atoms with Crippen LogP contribution in [0.5, 0.6) is 11.5 Å². The Kier molecular flexibility index (Phi) is 5.21. The molecule has 0 N–H and O–H groups in total. The molecule has 0 unspecified atom stereocenters. The van der Waals surface area contributed by atoms with E-state index in [-0.39, 0.29) is 29.1 Å². The maximum Gasteiger partial charge on any atom is 0.224 e. The molecule has 0 saturated heterocycles. The van der Waals surface area contributed by atoms with E-state index in [0.717, 1.165) is 17.4 Å². The van der Waals surface area contributed by atoms with Crippen molar-refractivity contribution >= 4 is 6.29 Å². The van der Waals surface area contributed by atoms with Gasteiger partial charge in [-0.25, -0.2) is 0 Å². The first-order valence-electron chi connectivity index (χ1n) is 8.45. The van der Waals surface area contributed by atoms with Gasteiger partial charge in [0.2, 0.25) is 6.04 Å². The minimum absolute atomic E-state index is 0.151. The minimum Gasteiger partial charge on any atom is -0.497 e. The van der Waals surface area contributed by atoms with E-state index in [1.165, 1.54) is 0 Å². The summed E-state index contributed by atoms with van der Waals surface area (Å²) < 4.78 is 10.7. The van der Waals surface area contributed by atoms with Crippen LogP contribution >= 0.6 is 0 Å². The van der Waals surface area contributed by atoms with Gasteiger partial charge in [0.05, 0.1) is 20.1 Å². The van der Waals surface area contributed by atoms with Gasteiger partial charge in [-0.15, -0.1) is 0 Å². The lowest BCUT2D eigenvalue weighted by Crippen LogP contribution is -2.52. The molecule has 2 aromatic rings. The number of ether oxygens (including phenoxy) is 2. The highest BCUT2D eigenvalue weighted by Crippen LogP contribution is 2.56. The van der Waals surface area contributed by atoms with Crippen LogP contribution in [0.4, 0.5) is 0 Å². The molecule has 2 aromatic carbocycles. The van der Waals surface area contributed by atoms with Gasteiger partial charge < -0.3 is 14.3 Å². The SMILES string of the molecule is COc1cc(OC)cc([C@@H]2[C@@H](CC=O)[C@H]([N+](=O)[O-])[C@H]2c2ccccc2)c1. The van der Waals surface area contributed by atoms with E-state index in [0.29, 0.717) is 11.5 Å². The van der Waals surface area contributed by atoms with E-state index in [9.17, 15) is 14.9 Å². The minimum atomic E-state index is -0.787. The highest BCUT2D eigenvalue weighted by Gasteiger charge is 2.58. The van der Waals surface area contributed by atoms with Crippen molar-refractivity contribution in [3.63, 3.8) is 0 Å². The maximum atomic E-state index is 11.7. The Morgan fingerprint density at radius 3 is 2.12 bits per heavy atom. The first-order valence-corrected chi connectivity index (χ1v) is 8.45. The number of hydrogen-bond donors (Lipinski definition) is 0. The first-order chi connectivity index (χ1) is 12.6. The quantitative estimate of drug-likeness (QED) is 0.432. The van der Waals surface area contributed by atoms with E-state index in [2.05, 4.69) is 0 Å². The number of hydrogen-bond acceptors (Lipinski definition) is 5. The second-order valence-electron chi connectivity index (χ2n) is 6.45. The second kappa shape index (κ2) is 7.56. The van der Waals surface area contributed by atoms with Crippen LogP contribution in [-0.4, -0.2) is 31.5 Å². The van der Waals surface area contributed by atoms with Crippen molar-refractivity contribution < 1.29 is 19.2 Å². The molecule has 1 aliphatic carbocycles. The van der Waals surface area contributed by atoms with E-state index >= 15 is 0 Å². The number of nitrogens with zero attached hydrogens (tertiary/aromatic N) is 1. The fourth-order valence-electron chi connectivity index (χ4n) is 4.05. The number of methoxy groups -OCH3 is 2. The van der Waals surface area contributed by atoms with E-state index in [1.54, 1.807) is 20.3 Å². The third kappa shape index (κ3) is 3.14. The Morgan fingerprint density at radius 2 is 1.62 bits per heavy atom. The zero-order valence-corrected chi connectivity index (χ0v) is 14.7. The molecule has 6 nitrogen and oxygen atoms in total. The number of carbonyl (C=O) groups is 1. The molecule has 0 radical (unpaired) electrons. The smallest absolute Gasteiger partial charge is 0.224 e. The van der Waals surface area contributed by atoms with Crippen LogP contribution in [0.2, 0.25) is 0 Å². The summed E-state index contributed by atoms with van der Waals surface area (Å²) in [4.78, 5) is 22.6. The van der Waals surface area contributed by atoms with Crippen molar-refractivity contribution in [2.75, 3.05) is 14.2 Å². The lowest BCUT2D eigenvalue weighted by Gasteiger charge is -2.46. The van der Waals surface area contributed by atoms with Gasteiger partial charge in [-0.3, -0.25) is 10.1 Å². The maximum absolute atomic E-state index is 11.7. The molecule has 1 aliphatic rings. The summed E-state index contributed by atoms with van der Waals surface area (Å²) in [6.45, 7) is 0. The third-order valence-corrected chi connectivity index (χ3v) is 5.21. The molecule has 1 fully saturated rings. The van der Waals surface area contributed by atoms with Crippen LogP contribution in [0.15, 0.2) is 48.5 Å². The molecule has 0 heterocycles. The first kappa shape index (κ1) is 17.9. The molecule has 0 bridgehead atoms. The highest BCUT2D eigenvalue weighted by molar-refractivity contribution is 5.53. The van der Waals surface area contributed by atoms with E-state index in [4.69, 9.17) is 9.47 Å².